The molecule has 0 aliphatic rings. The Morgan fingerprint density at radius 2 is 1.58 bits per heavy atom. The molecule has 0 aliphatic heterocycles. The van der Waals surface area contributed by atoms with Crippen LogP contribution in [0.3, 0.4) is 0 Å². The predicted octanol–water partition coefficient (Wildman–Crippen LogP) is 4.08. The molecule has 1 amide bonds. The molecule has 174 valence electrons. The third-order valence-corrected chi connectivity index (χ3v) is 7.02. The molecule has 0 fully saturated rings. The molecule has 0 saturated heterocycles. The third kappa shape index (κ3) is 5.64. The molecule has 1 N–H and O–H groups in total. The van der Waals surface area contributed by atoms with Crippen molar-refractivity contribution in [2.75, 3.05) is 25.1 Å². The Kier molecular flexibility index (Phi) is 7.60. The molecule has 3 rings (SSSR count). The van der Waals surface area contributed by atoms with Gasteiger partial charge in [0.15, 0.2) is 11.5 Å². The zero-order chi connectivity index (χ0) is 24.0. The van der Waals surface area contributed by atoms with E-state index in [1.165, 1.54) is 26.4 Å². The first-order valence-corrected chi connectivity index (χ1v) is 11.9. The first-order chi connectivity index (χ1) is 15.8. The number of nitrogens with zero attached hydrogens (tertiary/aromatic N) is 1. The van der Waals surface area contributed by atoms with Crippen LogP contribution < -0.4 is 19.1 Å². The van der Waals surface area contributed by atoms with Crippen molar-refractivity contribution in [2.24, 2.45) is 0 Å². The molecule has 0 spiro atoms. The molecule has 0 heterocycles. The zero-order valence-electron chi connectivity index (χ0n) is 19.1. The molecule has 7 nitrogen and oxygen atoms in total. The Hall–Kier alpha value is -3.52. The van der Waals surface area contributed by atoms with E-state index in [9.17, 15) is 13.2 Å². The highest BCUT2D eigenvalue weighted by molar-refractivity contribution is 7.92. The fraction of sp³-hybridized carbons (Fsp3) is 0.240. The minimum absolute atomic E-state index is 0.0896. The van der Waals surface area contributed by atoms with Crippen molar-refractivity contribution in [1.82, 2.24) is 5.32 Å². The molecule has 0 saturated carbocycles. The summed E-state index contributed by atoms with van der Waals surface area (Å²) in [6.45, 7) is 3.33. The molecular weight excluding hydrogens is 440 g/mol. The number of hydrogen-bond donors (Lipinski definition) is 1. The Labute approximate surface area is 195 Å². The lowest BCUT2D eigenvalue weighted by molar-refractivity contribution is -0.120. The van der Waals surface area contributed by atoms with E-state index in [-0.39, 0.29) is 16.6 Å². The van der Waals surface area contributed by atoms with E-state index >= 15 is 0 Å². The van der Waals surface area contributed by atoms with Crippen LogP contribution in [-0.2, 0) is 14.8 Å². The number of amides is 1. The molecular formula is C25H28N2O5S. The smallest absolute Gasteiger partial charge is 0.264 e. The van der Waals surface area contributed by atoms with Gasteiger partial charge in [-0.2, -0.15) is 0 Å². The quantitative estimate of drug-likeness (QED) is 0.511. The number of carbonyl (C=O) groups is 1. The highest BCUT2D eigenvalue weighted by Gasteiger charge is 2.28. The topological polar surface area (TPSA) is 84.9 Å². The van der Waals surface area contributed by atoms with Crippen LogP contribution in [0.1, 0.15) is 24.1 Å². The maximum atomic E-state index is 13.6. The van der Waals surface area contributed by atoms with Crippen molar-refractivity contribution in [3.05, 3.63) is 83.9 Å². The van der Waals surface area contributed by atoms with Gasteiger partial charge >= 0.3 is 0 Å². The SMILES string of the molecule is COc1ccc(N(CC(=O)N[C@H](C)c2ccccc2)S(=O)(=O)c2ccc(C)cc2)cc1OC. The van der Waals surface area contributed by atoms with E-state index in [0.717, 1.165) is 15.4 Å². The summed E-state index contributed by atoms with van der Waals surface area (Å²) in [6, 6.07) is 20.4. The summed E-state index contributed by atoms with van der Waals surface area (Å²) < 4.78 is 38.8. The standard InChI is InChI=1S/C25H28N2O5S/c1-18-10-13-22(14-11-18)33(29,30)27(21-12-15-23(31-3)24(16-21)32-4)17-25(28)26-19(2)20-8-6-5-7-9-20/h5-16,19H,17H2,1-4H3,(H,26,28)/t19-/m1/s1. The molecule has 0 aliphatic carbocycles. The fourth-order valence-electron chi connectivity index (χ4n) is 3.38. The summed E-state index contributed by atoms with van der Waals surface area (Å²) >= 11 is 0. The highest BCUT2D eigenvalue weighted by Crippen LogP contribution is 2.33. The number of sulfonamides is 1. The minimum atomic E-state index is -4.03. The lowest BCUT2D eigenvalue weighted by Gasteiger charge is -2.26. The fourth-order valence-corrected chi connectivity index (χ4v) is 4.79. The van der Waals surface area contributed by atoms with Gasteiger partial charge < -0.3 is 14.8 Å². The van der Waals surface area contributed by atoms with Crippen molar-refractivity contribution in [1.29, 1.82) is 0 Å². The number of rotatable bonds is 9. The van der Waals surface area contributed by atoms with Crippen LogP contribution in [0.15, 0.2) is 77.7 Å². The van der Waals surface area contributed by atoms with Gasteiger partial charge in [-0.3, -0.25) is 9.10 Å². The van der Waals surface area contributed by atoms with E-state index in [0.29, 0.717) is 11.5 Å². The van der Waals surface area contributed by atoms with Crippen molar-refractivity contribution < 1.29 is 22.7 Å². The Morgan fingerprint density at radius 1 is 0.939 bits per heavy atom. The number of anilines is 1. The first kappa shape index (κ1) is 24.1. The lowest BCUT2D eigenvalue weighted by Crippen LogP contribution is -2.41. The largest absolute Gasteiger partial charge is 0.493 e. The monoisotopic (exact) mass is 468 g/mol. The minimum Gasteiger partial charge on any atom is -0.493 e. The van der Waals surface area contributed by atoms with Crippen LogP contribution in [0.5, 0.6) is 11.5 Å². The molecule has 33 heavy (non-hydrogen) atoms. The van der Waals surface area contributed by atoms with Crippen LogP contribution in [-0.4, -0.2) is 35.1 Å². The first-order valence-electron chi connectivity index (χ1n) is 10.4. The van der Waals surface area contributed by atoms with Gasteiger partial charge in [0.25, 0.3) is 10.0 Å². The van der Waals surface area contributed by atoms with Gasteiger partial charge in [-0.25, -0.2) is 8.42 Å². The molecule has 8 heteroatoms. The van der Waals surface area contributed by atoms with Gasteiger partial charge in [0, 0.05) is 6.07 Å². The second-order valence-corrected chi connectivity index (χ2v) is 9.43. The normalized spacial score (nSPS) is 12.0. The highest BCUT2D eigenvalue weighted by atomic mass is 32.2. The van der Waals surface area contributed by atoms with Crippen LogP contribution in [0.4, 0.5) is 5.69 Å². The summed E-state index contributed by atoms with van der Waals surface area (Å²) in [6.07, 6.45) is 0. The van der Waals surface area contributed by atoms with Crippen molar-refractivity contribution in [3.63, 3.8) is 0 Å². The van der Waals surface area contributed by atoms with E-state index < -0.39 is 22.5 Å². The van der Waals surface area contributed by atoms with Crippen molar-refractivity contribution in [2.45, 2.75) is 24.8 Å². The van der Waals surface area contributed by atoms with Gasteiger partial charge in [-0.15, -0.1) is 0 Å². The van der Waals surface area contributed by atoms with Crippen LogP contribution >= 0.6 is 0 Å². The van der Waals surface area contributed by atoms with E-state index in [1.807, 2.05) is 44.2 Å². The van der Waals surface area contributed by atoms with Crippen molar-refractivity contribution in [3.8, 4) is 11.5 Å². The Bertz CT molecular complexity index is 1200. The predicted molar refractivity (Wildman–Crippen MR) is 128 cm³/mol. The average Bonchev–Trinajstić information content (AvgIpc) is 2.82. The van der Waals surface area contributed by atoms with Gasteiger partial charge in [0.2, 0.25) is 5.91 Å². The molecule has 3 aromatic rings. The van der Waals surface area contributed by atoms with E-state index in [2.05, 4.69) is 5.32 Å². The lowest BCUT2D eigenvalue weighted by atomic mass is 10.1. The van der Waals surface area contributed by atoms with Crippen molar-refractivity contribution >= 4 is 21.6 Å². The summed E-state index contributed by atoms with van der Waals surface area (Å²) in [5, 5.41) is 2.88. The zero-order valence-corrected chi connectivity index (χ0v) is 19.9. The molecule has 0 unspecified atom stereocenters. The second kappa shape index (κ2) is 10.4. The number of ether oxygens (including phenoxy) is 2. The molecule has 0 radical (unpaired) electrons. The molecule has 1 atom stereocenters. The Morgan fingerprint density at radius 3 is 2.18 bits per heavy atom. The number of hydrogen-bond acceptors (Lipinski definition) is 5. The number of nitrogens with one attached hydrogen (secondary N) is 1. The summed E-state index contributed by atoms with van der Waals surface area (Å²) in [5.41, 5.74) is 2.14. The molecule has 0 bridgehead atoms. The summed E-state index contributed by atoms with van der Waals surface area (Å²) in [7, 11) is -1.07. The van der Waals surface area contributed by atoms with Gasteiger partial charge in [-0.05, 0) is 43.7 Å². The van der Waals surface area contributed by atoms with Crippen LogP contribution in [0.2, 0.25) is 0 Å². The van der Waals surface area contributed by atoms with Crippen LogP contribution in [0.25, 0.3) is 0 Å². The number of carbonyl (C=O) groups excluding carboxylic acids is 1. The molecule has 0 aromatic heterocycles. The Balaban J connectivity index is 1.96. The maximum Gasteiger partial charge on any atom is 0.264 e. The third-order valence-electron chi connectivity index (χ3n) is 5.23. The molecule has 3 aromatic carbocycles. The summed E-state index contributed by atoms with van der Waals surface area (Å²) in [5.74, 6) is 0.380. The average molecular weight is 469 g/mol. The van der Waals surface area contributed by atoms with E-state index in [1.54, 1.807) is 30.3 Å². The number of methoxy groups -OCH3 is 2. The van der Waals surface area contributed by atoms with Gasteiger partial charge in [-0.1, -0.05) is 48.0 Å². The number of aryl methyl sites for hydroxylation is 1. The van der Waals surface area contributed by atoms with Crippen LogP contribution in [0, 0.1) is 6.92 Å². The maximum absolute atomic E-state index is 13.6. The second-order valence-electron chi connectivity index (χ2n) is 7.56. The van der Waals surface area contributed by atoms with Gasteiger partial charge in [0.1, 0.15) is 6.54 Å². The van der Waals surface area contributed by atoms with Gasteiger partial charge in [0.05, 0.1) is 30.8 Å². The van der Waals surface area contributed by atoms with E-state index in [4.69, 9.17) is 9.47 Å². The number of benzene rings is 3. The summed E-state index contributed by atoms with van der Waals surface area (Å²) in [4.78, 5) is 13.0.